The van der Waals surface area contributed by atoms with Crippen molar-refractivity contribution in [3.8, 4) is 0 Å². The average Bonchev–Trinajstić information content (AvgIpc) is 2.43. The van der Waals surface area contributed by atoms with Crippen LogP contribution in [-0.2, 0) is 0 Å². The molecule has 0 bridgehead atoms. The van der Waals surface area contributed by atoms with Crippen LogP contribution in [-0.4, -0.2) is 23.8 Å². The van der Waals surface area contributed by atoms with Crippen molar-refractivity contribution in [3.63, 3.8) is 0 Å². The van der Waals surface area contributed by atoms with Crippen molar-refractivity contribution < 1.29 is 5.11 Å². The number of nitrogens with one attached hydrogen (secondary N) is 1. The third kappa shape index (κ3) is 2.44. The molecule has 2 aliphatic carbocycles. The summed E-state index contributed by atoms with van der Waals surface area (Å²) in [6, 6.07) is 0.771. The monoisotopic (exact) mass is 183 g/mol. The van der Waals surface area contributed by atoms with Gasteiger partial charge in [0.2, 0.25) is 0 Å². The van der Waals surface area contributed by atoms with Crippen molar-refractivity contribution >= 4 is 0 Å². The van der Waals surface area contributed by atoms with Gasteiger partial charge in [-0.15, -0.1) is 0 Å². The van der Waals surface area contributed by atoms with Crippen LogP contribution in [0.5, 0.6) is 0 Å². The third-order valence-corrected chi connectivity index (χ3v) is 3.60. The van der Waals surface area contributed by atoms with E-state index in [1.54, 1.807) is 0 Å². The van der Waals surface area contributed by atoms with E-state index in [1.807, 2.05) is 0 Å². The Morgan fingerprint density at radius 3 is 2.54 bits per heavy atom. The number of hydrogen-bond acceptors (Lipinski definition) is 2. The van der Waals surface area contributed by atoms with Gasteiger partial charge in [-0.2, -0.15) is 0 Å². The zero-order valence-corrected chi connectivity index (χ0v) is 8.50. The fourth-order valence-electron chi connectivity index (χ4n) is 2.59. The lowest BCUT2D eigenvalue weighted by atomic mass is 9.82. The molecule has 2 fully saturated rings. The van der Waals surface area contributed by atoms with E-state index in [4.69, 9.17) is 5.11 Å². The van der Waals surface area contributed by atoms with Crippen molar-refractivity contribution in [2.75, 3.05) is 6.54 Å². The van der Waals surface area contributed by atoms with Crippen LogP contribution in [0.4, 0.5) is 0 Å². The van der Waals surface area contributed by atoms with E-state index in [2.05, 4.69) is 12.2 Å². The number of aliphatic hydroxyl groups excluding tert-OH is 1. The van der Waals surface area contributed by atoms with Gasteiger partial charge in [0, 0.05) is 6.04 Å². The average molecular weight is 183 g/mol. The Morgan fingerprint density at radius 1 is 1.23 bits per heavy atom. The Labute approximate surface area is 80.7 Å². The van der Waals surface area contributed by atoms with Crippen LogP contribution >= 0.6 is 0 Å². The highest BCUT2D eigenvalue weighted by Crippen LogP contribution is 2.28. The van der Waals surface area contributed by atoms with E-state index in [0.29, 0.717) is 0 Å². The quantitative estimate of drug-likeness (QED) is 0.695. The van der Waals surface area contributed by atoms with E-state index < -0.39 is 0 Å². The lowest BCUT2D eigenvalue weighted by Crippen LogP contribution is -2.39. The predicted molar refractivity (Wildman–Crippen MR) is 53.5 cm³/mol. The first-order valence-corrected chi connectivity index (χ1v) is 5.65. The van der Waals surface area contributed by atoms with Crippen molar-refractivity contribution in [2.24, 2.45) is 11.8 Å². The second-order valence-corrected chi connectivity index (χ2v) is 5.01. The largest absolute Gasteiger partial charge is 0.393 e. The molecule has 0 amide bonds. The molecule has 0 heterocycles. The lowest BCUT2D eigenvalue weighted by Gasteiger charge is -2.32. The molecule has 0 radical (unpaired) electrons. The summed E-state index contributed by atoms with van der Waals surface area (Å²) in [6.07, 6.45) is 6.16. The molecule has 2 heteroatoms. The summed E-state index contributed by atoms with van der Waals surface area (Å²) in [7, 11) is 0. The van der Waals surface area contributed by atoms with Gasteiger partial charge in [-0.1, -0.05) is 6.92 Å². The van der Waals surface area contributed by atoms with E-state index >= 15 is 0 Å². The van der Waals surface area contributed by atoms with Crippen LogP contribution in [0.3, 0.4) is 0 Å². The zero-order chi connectivity index (χ0) is 9.26. The number of hydrogen-bond donors (Lipinski definition) is 2. The first kappa shape index (κ1) is 9.47. The molecule has 2 rings (SSSR count). The molecular formula is C11H21NO. The molecule has 2 atom stereocenters. The van der Waals surface area contributed by atoms with Crippen molar-refractivity contribution in [3.05, 3.63) is 0 Å². The first-order valence-electron chi connectivity index (χ1n) is 5.65. The molecule has 0 saturated heterocycles. The Morgan fingerprint density at radius 2 is 2.00 bits per heavy atom. The summed E-state index contributed by atoms with van der Waals surface area (Å²) in [5.41, 5.74) is 0. The standard InChI is InChI=1S/C11H21NO/c1-8-2-3-10(4-8)12-7-9-5-11(13)6-9/h8-13H,2-7H2,1H3. The number of rotatable bonds is 3. The maximum absolute atomic E-state index is 9.12. The molecule has 0 aliphatic heterocycles. The maximum atomic E-state index is 9.12. The first-order chi connectivity index (χ1) is 6.24. The van der Waals surface area contributed by atoms with Gasteiger partial charge in [0.25, 0.3) is 0 Å². The van der Waals surface area contributed by atoms with Crippen LogP contribution in [0.2, 0.25) is 0 Å². The second-order valence-electron chi connectivity index (χ2n) is 5.01. The highest BCUT2D eigenvalue weighted by molar-refractivity contribution is 4.84. The summed E-state index contributed by atoms with van der Waals surface area (Å²) in [6.45, 7) is 3.48. The molecular weight excluding hydrogens is 162 g/mol. The molecule has 2 saturated carbocycles. The predicted octanol–water partition coefficient (Wildman–Crippen LogP) is 1.54. The zero-order valence-electron chi connectivity index (χ0n) is 8.50. The van der Waals surface area contributed by atoms with Gasteiger partial charge in [-0.05, 0) is 50.5 Å². The maximum Gasteiger partial charge on any atom is 0.0546 e. The fourth-order valence-corrected chi connectivity index (χ4v) is 2.59. The SMILES string of the molecule is CC1CCC(NCC2CC(O)C2)C1. The molecule has 0 spiro atoms. The van der Waals surface area contributed by atoms with E-state index in [-0.39, 0.29) is 6.10 Å². The molecule has 0 aromatic heterocycles. The smallest absolute Gasteiger partial charge is 0.0546 e. The van der Waals surface area contributed by atoms with E-state index in [9.17, 15) is 0 Å². The molecule has 76 valence electrons. The Hall–Kier alpha value is -0.0800. The van der Waals surface area contributed by atoms with Crippen LogP contribution in [0.25, 0.3) is 0 Å². The van der Waals surface area contributed by atoms with Crippen molar-refractivity contribution in [1.29, 1.82) is 0 Å². The van der Waals surface area contributed by atoms with Crippen molar-refractivity contribution in [2.45, 2.75) is 51.2 Å². The van der Waals surface area contributed by atoms with Gasteiger partial charge in [-0.3, -0.25) is 0 Å². The summed E-state index contributed by atoms with van der Waals surface area (Å²) in [5, 5.41) is 12.7. The van der Waals surface area contributed by atoms with Gasteiger partial charge in [0.1, 0.15) is 0 Å². The Bertz CT molecular complexity index is 165. The minimum atomic E-state index is 0.00861. The number of aliphatic hydroxyl groups is 1. The van der Waals surface area contributed by atoms with E-state index in [0.717, 1.165) is 37.3 Å². The van der Waals surface area contributed by atoms with E-state index in [1.165, 1.54) is 19.3 Å². The van der Waals surface area contributed by atoms with Gasteiger partial charge < -0.3 is 10.4 Å². The molecule has 13 heavy (non-hydrogen) atoms. The molecule has 2 N–H and O–H groups in total. The molecule has 2 aliphatic rings. The van der Waals surface area contributed by atoms with Gasteiger partial charge >= 0.3 is 0 Å². The van der Waals surface area contributed by atoms with Crippen LogP contribution < -0.4 is 5.32 Å². The summed E-state index contributed by atoms with van der Waals surface area (Å²) < 4.78 is 0. The highest BCUT2D eigenvalue weighted by atomic mass is 16.3. The topological polar surface area (TPSA) is 32.3 Å². The Kier molecular flexibility index (Phi) is 2.89. The van der Waals surface area contributed by atoms with Crippen molar-refractivity contribution in [1.82, 2.24) is 5.32 Å². The summed E-state index contributed by atoms with van der Waals surface area (Å²) in [4.78, 5) is 0. The Balaban J connectivity index is 1.58. The molecule has 2 unspecified atom stereocenters. The lowest BCUT2D eigenvalue weighted by molar-refractivity contribution is 0.0419. The van der Waals surface area contributed by atoms with Gasteiger partial charge in [-0.25, -0.2) is 0 Å². The summed E-state index contributed by atoms with van der Waals surface area (Å²) >= 11 is 0. The van der Waals surface area contributed by atoms with Gasteiger partial charge in [0.15, 0.2) is 0 Å². The minimum Gasteiger partial charge on any atom is -0.393 e. The minimum absolute atomic E-state index is 0.00861. The summed E-state index contributed by atoms with van der Waals surface area (Å²) in [5.74, 6) is 1.68. The molecule has 0 aromatic carbocycles. The highest BCUT2D eigenvalue weighted by Gasteiger charge is 2.28. The van der Waals surface area contributed by atoms with Crippen LogP contribution in [0, 0.1) is 11.8 Å². The van der Waals surface area contributed by atoms with Crippen LogP contribution in [0.15, 0.2) is 0 Å². The molecule has 0 aromatic rings. The normalized spacial score (nSPS) is 44.8. The molecule has 2 nitrogen and oxygen atoms in total. The van der Waals surface area contributed by atoms with Gasteiger partial charge in [0.05, 0.1) is 6.10 Å². The second kappa shape index (κ2) is 3.97. The van der Waals surface area contributed by atoms with Crippen LogP contribution in [0.1, 0.15) is 39.0 Å². The fraction of sp³-hybridized carbons (Fsp3) is 1.00. The third-order valence-electron chi connectivity index (χ3n) is 3.60.